The molecule has 0 aliphatic heterocycles. The number of nitrogens with one attached hydrogen (secondary N) is 1. The molecule has 6 nitrogen and oxygen atoms in total. The molecule has 0 radical (unpaired) electrons. The van der Waals surface area contributed by atoms with Gasteiger partial charge in [-0.05, 0) is 30.7 Å². The highest BCUT2D eigenvalue weighted by atomic mass is 32.1. The highest BCUT2D eigenvalue weighted by Crippen LogP contribution is 2.37. The van der Waals surface area contributed by atoms with Crippen molar-refractivity contribution in [1.82, 2.24) is 4.98 Å². The third-order valence-corrected chi connectivity index (χ3v) is 4.78. The number of hydrogen-bond acceptors (Lipinski definition) is 7. The summed E-state index contributed by atoms with van der Waals surface area (Å²) in [5.41, 5.74) is 5.97. The third-order valence-electron chi connectivity index (χ3n) is 3.67. The van der Waals surface area contributed by atoms with E-state index in [0.29, 0.717) is 17.2 Å². The first-order valence-corrected chi connectivity index (χ1v) is 8.43. The molecule has 0 atom stereocenters. The number of anilines is 1. The van der Waals surface area contributed by atoms with Gasteiger partial charge in [0.15, 0.2) is 11.5 Å². The Morgan fingerprint density at radius 1 is 1.08 bits per heavy atom. The molecule has 0 bridgehead atoms. The summed E-state index contributed by atoms with van der Waals surface area (Å²) in [7, 11) is 4.74. The van der Waals surface area contributed by atoms with Crippen LogP contribution in [-0.2, 0) is 0 Å². The van der Waals surface area contributed by atoms with Gasteiger partial charge in [0, 0.05) is 5.56 Å². The maximum absolute atomic E-state index is 5.34. The molecule has 3 aromatic rings. The van der Waals surface area contributed by atoms with Crippen LogP contribution < -0.4 is 19.6 Å². The minimum atomic E-state index is 0.553. The Balaban J connectivity index is 1.82. The van der Waals surface area contributed by atoms with Crippen LogP contribution in [-0.4, -0.2) is 32.5 Å². The number of hydrazone groups is 1. The molecule has 0 aliphatic carbocycles. The Bertz CT molecular complexity index is 896. The minimum absolute atomic E-state index is 0.553. The lowest BCUT2D eigenvalue weighted by atomic mass is 10.2. The number of aromatic nitrogens is 1. The maximum atomic E-state index is 5.34. The molecule has 0 aliphatic rings. The van der Waals surface area contributed by atoms with Gasteiger partial charge in [0.25, 0.3) is 0 Å². The predicted octanol–water partition coefficient (Wildman–Crippen LogP) is 4.08. The van der Waals surface area contributed by atoms with Gasteiger partial charge in [-0.15, -0.1) is 0 Å². The van der Waals surface area contributed by atoms with Crippen LogP contribution in [0.15, 0.2) is 35.4 Å². The molecule has 3 rings (SSSR count). The molecular formula is C18H19N3O3S. The van der Waals surface area contributed by atoms with E-state index >= 15 is 0 Å². The highest BCUT2D eigenvalue weighted by Gasteiger charge is 2.12. The Morgan fingerprint density at radius 2 is 1.80 bits per heavy atom. The first-order chi connectivity index (χ1) is 12.2. The van der Waals surface area contributed by atoms with E-state index in [-0.39, 0.29) is 0 Å². The average molecular weight is 357 g/mol. The van der Waals surface area contributed by atoms with Gasteiger partial charge in [-0.25, -0.2) is 4.98 Å². The minimum Gasteiger partial charge on any atom is -0.493 e. The zero-order valence-electron chi connectivity index (χ0n) is 14.5. The summed E-state index contributed by atoms with van der Waals surface area (Å²) in [5.74, 6) is 1.72. The van der Waals surface area contributed by atoms with E-state index in [1.54, 1.807) is 38.9 Å². The van der Waals surface area contributed by atoms with Gasteiger partial charge in [-0.2, -0.15) is 5.10 Å². The second kappa shape index (κ2) is 7.40. The third kappa shape index (κ3) is 3.51. The van der Waals surface area contributed by atoms with Gasteiger partial charge < -0.3 is 14.2 Å². The molecule has 2 aromatic carbocycles. The van der Waals surface area contributed by atoms with E-state index < -0.39 is 0 Å². The van der Waals surface area contributed by atoms with Crippen molar-refractivity contribution < 1.29 is 14.2 Å². The monoisotopic (exact) mass is 357 g/mol. The Labute approximate surface area is 150 Å². The van der Waals surface area contributed by atoms with E-state index in [2.05, 4.69) is 28.5 Å². The number of aryl methyl sites for hydroxylation is 1. The van der Waals surface area contributed by atoms with Crippen LogP contribution in [0.4, 0.5) is 5.13 Å². The quantitative estimate of drug-likeness (QED) is 0.532. The number of methoxy groups -OCH3 is 3. The van der Waals surface area contributed by atoms with Crippen molar-refractivity contribution in [3.63, 3.8) is 0 Å². The van der Waals surface area contributed by atoms with Crippen molar-refractivity contribution in [2.24, 2.45) is 5.10 Å². The molecule has 25 heavy (non-hydrogen) atoms. The SMILES string of the molecule is COc1cc(/C=N/Nc2nc3cccc(C)c3s2)cc(OC)c1OC. The number of fused-ring (bicyclic) bond motifs is 1. The van der Waals surface area contributed by atoms with E-state index in [1.165, 1.54) is 5.56 Å². The predicted molar refractivity (Wildman–Crippen MR) is 102 cm³/mol. The van der Waals surface area contributed by atoms with Crippen LogP contribution in [0.2, 0.25) is 0 Å². The zero-order valence-corrected chi connectivity index (χ0v) is 15.3. The summed E-state index contributed by atoms with van der Waals surface area (Å²) >= 11 is 1.58. The molecule has 7 heteroatoms. The second-order valence-corrected chi connectivity index (χ2v) is 6.27. The van der Waals surface area contributed by atoms with Crippen LogP contribution in [0.1, 0.15) is 11.1 Å². The summed E-state index contributed by atoms with van der Waals surface area (Å²) in [6.45, 7) is 2.07. The first-order valence-electron chi connectivity index (χ1n) is 7.61. The molecule has 1 aromatic heterocycles. The lowest BCUT2D eigenvalue weighted by Gasteiger charge is -2.12. The summed E-state index contributed by atoms with van der Waals surface area (Å²) < 4.78 is 17.2. The fourth-order valence-corrected chi connectivity index (χ4v) is 3.36. The van der Waals surface area contributed by atoms with Gasteiger partial charge >= 0.3 is 0 Å². The normalized spacial score (nSPS) is 11.0. The van der Waals surface area contributed by atoms with E-state index in [0.717, 1.165) is 20.9 Å². The molecule has 0 amide bonds. The van der Waals surface area contributed by atoms with E-state index in [1.807, 2.05) is 24.3 Å². The van der Waals surface area contributed by atoms with Gasteiger partial charge in [-0.1, -0.05) is 23.5 Å². The topological polar surface area (TPSA) is 65.0 Å². The fourth-order valence-electron chi connectivity index (χ4n) is 2.47. The summed E-state index contributed by atoms with van der Waals surface area (Å²) in [5, 5.41) is 5.01. The average Bonchev–Trinajstić information content (AvgIpc) is 3.05. The molecule has 1 N–H and O–H groups in total. The molecule has 0 spiro atoms. The maximum Gasteiger partial charge on any atom is 0.204 e. The van der Waals surface area contributed by atoms with Crippen molar-refractivity contribution in [2.45, 2.75) is 6.92 Å². The van der Waals surface area contributed by atoms with Crippen molar-refractivity contribution in [2.75, 3.05) is 26.8 Å². The summed E-state index contributed by atoms with van der Waals surface area (Å²) in [4.78, 5) is 4.52. The first kappa shape index (κ1) is 17.0. The molecular weight excluding hydrogens is 338 g/mol. The van der Waals surface area contributed by atoms with E-state index in [9.17, 15) is 0 Å². The summed E-state index contributed by atoms with van der Waals surface area (Å²) in [6.07, 6.45) is 1.68. The Kier molecular flexibility index (Phi) is 5.04. The van der Waals surface area contributed by atoms with Crippen molar-refractivity contribution in [3.8, 4) is 17.2 Å². The van der Waals surface area contributed by atoms with Gasteiger partial charge in [0.2, 0.25) is 10.9 Å². The number of benzene rings is 2. The van der Waals surface area contributed by atoms with Gasteiger partial charge in [0.05, 0.1) is 37.8 Å². The van der Waals surface area contributed by atoms with Crippen molar-refractivity contribution >= 4 is 32.9 Å². The molecule has 0 saturated heterocycles. The second-order valence-electron chi connectivity index (χ2n) is 5.27. The summed E-state index contributed by atoms with van der Waals surface area (Å²) in [6, 6.07) is 9.72. The highest BCUT2D eigenvalue weighted by molar-refractivity contribution is 7.22. The van der Waals surface area contributed by atoms with Crippen molar-refractivity contribution in [3.05, 3.63) is 41.5 Å². The molecule has 0 unspecified atom stereocenters. The standard InChI is InChI=1S/C18H19N3O3S/c1-11-6-5-7-13-17(11)25-18(20-13)21-19-10-12-8-14(22-2)16(24-4)15(9-12)23-3/h5-10H,1-4H3,(H,20,21)/b19-10+. The number of ether oxygens (including phenoxy) is 3. The van der Waals surface area contributed by atoms with Crippen LogP contribution >= 0.6 is 11.3 Å². The number of nitrogens with zero attached hydrogens (tertiary/aromatic N) is 2. The number of rotatable bonds is 6. The van der Waals surface area contributed by atoms with Crippen molar-refractivity contribution in [1.29, 1.82) is 0 Å². The lowest BCUT2D eigenvalue weighted by Crippen LogP contribution is -1.97. The van der Waals surface area contributed by atoms with Gasteiger partial charge in [-0.3, -0.25) is 5.43 Å². The zero-order chi connectivity index (χ0) is 17.8. The molecule has 0 fully saturated rings. The fraction of sp³-hybridized carbons (Fsp3) is 0.222. The number of thiazole rings is 1. The van der Waals surface area contributed by atoms with Crippen LogP contribution in [0, 0.1) is 6.92 Å². The molecule has 0 saturated carbocycles. The van der Waals surface area contributed by atoms with Crippen LogP contribution in [0.25, 0.3) is 10.2 Å². The molecule has 130 valence electrons. The number of hydrogen-bond donors (Lipinski definition) is 1. The van der Waals surface area contributed by atoms with Crippen LogP contribution in [0.5, 0.6) is 17.2 Å². The smallest absolute Gasteiger partial charge is 0.204 e. The van der Waals surface area contributed by atoms with Crippen LogP contribution in [0.3, 0.4) is 0 Å². The van der Waals surface area contributed by atoms with Gasteiger partial charge in [0.1, 0.15) is 0 Å². The lowest BCUT2D eigenvalue weighted by molar-refractivity contribution is 0.324. The Morgan fingerprint density at radius 3 is 2.40 bits per heavy atom. The van der Waals surface area contributed by atoms with E-state index in [4.69, 9.17) is 14.2 Å². The largest absolute Gasteiger partial charge is 0.493 e. The molecule has 1 heterocycles. The Hall–Kier alpha value is -2.80.